The van der Waals surface area contributed by atoms with Gasteiger partial charge in [0.25, 0.3) is 0 Å². The molecule has 0 bridgehead atoms. The Balaban J connectivity index is 1.99. The first-order valence-corrected chi connectivity index (χ1v) is 6.06. The third-order valence-electron chi connectivity index (χ3n) is 3.11. The lowest BCUT2D eigenvalue weighted by Crippen LogP contribution is -2.31. The second-order valence-electron chi connectivity index (χ2n) is 4.28. The molecule has 1 aromatic carbocycles. The number of hydrogen-bond acceptors (Lipinski definition) is 3. The molecule has 0 spiro atoms. The zero-order chi connectivity index (χ0) is 11.9. The molecule has 1 aliphatic rings. The fraction of sp³-hybridized carbons (Fsp3) is 0.500. The molecule has 3 nitrogen and oxygen atoms in total. The van der Waals surface area contributed by atoms with Crippen LogP contribution in [0.15, 0.2) is 30.3 Å². The fourth-order valence-electron chi connectivity index (χ4n) is 2.16. The van der Waals surface area contributed by atoms with E-state index in [9.17, 15) is 0 Å². The number of rotatable bonds is 4. The molecule has 1 fully saturated rings. The first-order chi connectivity index (χ1) is 8.40. The van der Waals surface area contributed by atoms with Gasteiger partial charge in [0.2, 0.25) is 0 Å². The van der Waals surface area contributed by atoms with Gasteiger partial charge in [-0.1, -0.05) is 18.2 Å². The first kappa shape index (κ1) is 11.9. The summed E-state index contributed by atoms with van der Waals surface area (Å²) in [6.45, 7) is 1.56. The second kappa shape index (κ2) is 6.27. The number of ether oxygens (including phenoxy) is 2. The predicted octanol–water partition coefficient (Wildman–Crippen LogP) is 2.77. The SMILES string of the molecule is N#CCC(Oc1ccccc1)C1CCOCC1. The summed E-state index contributed by atoms with van der Waals surface area (Å²) in [6, 6.07) is 11.9. The minimum absolute atomic E-state index is 0.00806. The van der Waals surface area contributed by atoms with Crippen LogP contribution in [0.1, 0.15) is 19.3 Å². The van der Waals surface area contributed by atoms with Crippen molar-refractivity contribution in [3.05, 3.63) is 30.3 Å². The predicted molar refractivity (Wildman–Crippen MR) is 64.6 cm³/mol. The summed E-state index contributed by atoms with van der Waals surface area (Å²) in [4.78, 5) is 0. The van der Waals surface area contributed by atoms with E-state index in [1.54, 1.807) is 0 Å². The topological polar surface area (TPSA) is 42.2 Å². The lowest BCUT2D eigenvalue weighted by atomic mass is 9.92. The molecule has 0 saturated carbocycles. The van der Waals surface area contributed by atoms with Gasteiger partial charge in [-0.15, -0.1) is 0 Å². The van der Waals surface area contributed by atoms with Crippen molar-refractivity contribution in [3.8, 4) is 11.8 Å². The molecule has 0 amide bonds. The highest BCUT2D eigenvalue weighted by molar-refractivity contribution is 5.21. The molecule has 0 radical (unpaired) electrons. The zero-order valence-electron chi connectivity index (χ0n) is 9.84. The van der Waals surface area contributed by atoms with Gasteiger partial charge in [-0.25, -0.2) is 0 Å². The molecule has 90 valence electrons. The highest BCUT2D eigenvalue weighted by Crippen LogP contribution is 2.25. The van der Waals surface area contributed by atoms with Crippen molar-refractivity contribution >= 4 is 0 Å². The van der Waals surface area contributed by atoms with Crippen molar-refractivity contribution in [2.45, 2.75) is 25.4 Å². The molecule has 2 rings (SSSR count). The molecule has 1 saturated heterocycles. The lowest BCUT2D eigenvalue weighted by molar-refractivity contribution is 0.0194. The Bertz CT molecular complexity index is 366. The van der Waals surface area contributed by atoms with E-state index in [0.717, 1.165) is 31.8 Å². The smallest absolute Gasteiger partial charge is 0.119 e. The zero-order valence-corrected chi connectivity index (χ0v) is 9.84. The normalized spacial score (nSPS) is 18.3. The third-order valence-corrected chi connectivity index (χ3v) is 3.11. The van der Waals surface area contributed by atoms with E-state index < -0.39 is 0 Å². The lowest BCUT2D eigenvalue weighted by Gasteiger charge is -2.29. The first-order valence-electron chi connectivity index (χ1n) is 6.06. The van der Waals surface area contributed by atoms with Gasteiger partial charge in [0.05, 0.1) is 12.5 Å². The summed E-state index contributed by atoms with van der Waals surface area (Å²) >= 11 is 0. The molecule has 1 aromatic rings. The van der Waals surface area contributed by atoms with Crippen LogP contribution in [0.3, 0.4) is 0 Å². The quantitative estimate of drug-likeness (QED) is 0.800. The van der Waals surface area contributed by atoms with Crippen LogP contribution < -0.4 is 4.74 Å². The largest absolute Gasteiger partial charge is 0.489 e. The molecule has 1 heterocycles. The van der Waals surface area contributed by atoms with Crippen LogP contribution in [-0.4, -0.2) is 19.3 Å². The number of nitrogens with zero attached hydrogens (tertiary/aromatic N) is 1. The third kappa shape index (κ3) is 3.47. The van der Waals surface area contributed by atoms with E-state index in [4.69, 9.17) is 14.7 Å². The summed E-state index contributed by atoms with van der Waals surface area (Å²) in [7, 11) is 0. The van der Waals surface area contributed by atoms with Gasteiger partial charge in [-0.05, 0) is 25.0 Å². The molecule has 1 atom stereocenters. The summed E-state index contributed by atoms with van der Waals surface area (Å²) < 4.78 is 11.3. The Labute approximate surface area is 102 Å². The average Bonchev–Trinajstić information content (AvgIpc) is 2.40. The van der Waals surface area contributed by atoms with Gasteiger partial charge in [0.15, 0.2) is 0 Å². The molecular formula is C14H17NO2. The number of nitriles is 1. The van der Waals surface area contributed by atoms with E-state index in [1.807, 2.05) is 30.3 Å². The number of para-hydroxylation sites is 1. The van der Waals surface area contributed by atoms with Crippen LogP contribution in [0.25, 0.3) is 0 Å². The molecule has 1 aliphatic heterocycles. The Hall–Kier alpha value is -1.53. The maximum Gasteiger partial charge on any atom is 0.119 e. The van der Waals surface area contributed by atoms with Gasteiger partial charge in [-0.3, -0.25) is 0 Å². The van der Waals surface area contributed by atoms with Gasteiger partial charge < -0.3 is 9.47 Å². The molecule has 1 unspecified atom stereocenters. The van der Waals surface area contributed by atoms with Crippen LogP contribution in [0.5, 0.6) is 5.75 Å². The van der Waals surface area contributed by atoms with Crippen LogP contribution in [0, 0.1) is 17.2 Å². The summed E-state index contributed by atoms with van der Waals surface area (Å²) in [5, 5.41) is 8.88. The molecule has 0 aliphatic carbocycles. The second-order valence-corrected chi connectivity index (χ2v) is 4.28. The van der Waals surface area contributed by atoms with Crippen molar-refractivity contribution in [2.75, 3.05) is 13.2 Å². The highest BCUT2D eigenvalue weighted by Gasteiger charge is 2.25. The van der Waals surface area contributed by atoms with Crippen molar-refractivity contribution in [1.29, 1.82) is 5.26 Å². The van der Waals surface area contributed by atoms with Crippen molar-refractivity contribution in [1.82, 2.24) is 0 Å². The number of hydrogen-bond donors (Lipinski definition) is 0. The van der Waals surface area contributed by atoms with Crippen LogP contribution in [0.2, 0.25) is 0 Å². The van der Waals surface area contributed by atoms with Crippen molar-refractivity contribution < 1.29 is 9.47 Å². The van der Waals surface area contributed by atoms with E-state index >= 15 is 0 Å². The van der Waals surface area contributed by atoms with E-state index in [2.05, 4.69) is 6.07 Å². The van der Waals surface area contributed by atoms with Crippen LogP contribution in [0.4, 0.5) is 0 Å². The summed E-state index contributed by atoms with van der Waals surface area (Å²) in [6.07, 6.45) is 2.41. The van der Waals surface area contributed by atoms with Gasteiger partial charge in [-0.2, -0.15) is 5.26 Å². The Morgan fingerprint density at radius 3 is 2.65 bits per heavy atom. The minimum Gasteiger partial charge on any atom is -0.489 e. The fourth-order valence-corrected chi connectivity index (χ4v) is 2.16. The van der Waals surface area contributed by atoms with Crippen LogP contribution in [-0.2, 0) is 4.74 Å². The van der Waals surface area contributed by atoms with Gasteiger partial charge >= 0.3 is 0 Å². The maximum absolute atomic E-state index is 8.88. The summed E-state index contributed by atoms with van der Waals surface area (Å²) in [5.74, 6) is 1.28. The Morgan fingerprint density at radius 2 is 2.00 bits per heavy atom. The Kier molecular flexibility index (Phi) is 4.40. The molecule has 0 N–H and O–H groups in total. The van der Waals surface area contributed by atoms with Crippen molar-refractivity contribution in [2.24, 2.45) is 5.92 Å². The monoisotopic (exact) mass is 231 g/mol. The Morgan fingerprint density at radius 1 is 1.29 bits per heavy atom. The molecule has 17 heavy (non-hydrogen) atoms. The van der Waals surface area contributed by atoms with E-state index in [0.29, 0.717) is 12.3 Å². The van der Waals surface area contributed by atoms with E-state index in [-0.39, 0.29) is 6.10 Å². The van der Waals surface area contributed by atoms with Gasteiger partial charge in [0.1, 0.15) is 11.9 Å². The van der Waals surface area contributed by atoms with Gasteiger partial charge in [0, 0.05) is 19.1 Å². The molecule has 3 heteroatoms. The number of benzene rings is 1. The minimum atomic E-state index is -0.00806. The standard InChI is InChI=1S/C14H17NO2/c15-9-6-14(12-7-10-16-11-8-12)17-13-4-2-1-3-5-13/h1-5,12,14H,6-8,10-11H2. The van der Waals surface area contributed by atoms with E-state index in [1.165, 1.54) is 0 Å². The summed E-state index contributed by atoms with van der Waals surface area (Å²) in [5.41, 5.74) is 0. The molecular weight excluding hydrogens is 214 g/mol. The van der Waals surface area contributed by atoms with Crippen molar-refractivity contribution in [3.63, 3.8) is 0 Å². The molecule has 0 aromatic heterocycles. The maximum atomic E-state index is 8.88. The van der Waals surface area contributed by atoms with Crippen LogP contribution >= 0.6 is 0 Å². The average molecular weight is 231 g/mol. The highest BCUT2D eigenvalue weighted by atomic mass is 16.5.